The van der Waals surface area contributed by atoms with E-state index in [9.17, 15) is 8.42 Å². The first kappa shape index (κ1) is 17.5. The van der Waals surface area contributed by atoms with Gasteiger partial charge in [0.15, 0.2) is 0 Å². The second kappa shape index (κ2) is 7.29. The average molecular weight is 418 g/mol. The molecule has 3 aromatic carbocycles. The molecular formula is C19H16BrNO3S. The van der Waals surface area contributed by atoms with Crippen LogP contribution in [0, 0.1) is 6.92 Å². The molecule has 0 saturated carbocycles. The van der Waals surface area contributed by atoms with E-state index < -0.39 is 10.0 Å². The highest BCUT2D eigenvalue weighted by Gasteiger charge is 2.13. The minimum atomic E-state index is -3.60. The summed E-state index contributed by atoms with van der Waals surface area (Å²) in [6, 6.07) is 20.9. The number of rotatable bonds is 5. The fourth-order valence-corrected chi connectivity index (χ4v) is 3.48. The van der Waals surface area contributed by atoms with Crippen molar-refractivity contribution in [1.29, 1.82) is 0 Å². The number of ether oxygens (including phenoxy) is 1. The molecule has 0 heterocycles. The van der Waals surface area contributed by atoms with Crippen LogP contribution in [0.3, 0.4) is 0 Å². The molecule has 4 nitrogen and oxygen atoms in total. The third-order valence-electron chi connectivity index (χ3n) is 3.49. The molecule has 0 spiro atoms. The van der Waals surface area contributed by atoms with Crippen LogP contribution in [0.15, 0.2) is 82.2 Å². The summed E-state index contributed by atoms with van der Waals surface area (Å²) >= 11 is 3.37. The van der Waals surface area contributed by atoms with Crippen molar-refractivity contribution in [2.75, 3.05) is 4.72 Å². The van der Waals surface area contributed by atoms with Crippen LogP contribution in [-0.2, 0) is 10.0 Å². The third kappa shape index (κ3) is 4.61. The summed E-state index contributed by atoms with van der Waals surface area (Å²) in [5.41, 5.74) is 1.48. The molecule has 0 unspecified atom stereocenters. The molecule has 3 rings (SSSR count). The van der Waals surface area contributed by atoms with Crippen LogP contribution in [0.5, 0.6) is 11.5 Å². The molecule has 0 atom stereocenters. The molecule has 0 aliphatic heterocycles. The minimum absolute atomic E-state index is 0.230. The molecule has 0 aromatic heterocycles. The normalized spacial score (nSPS) is 11.1. The van der Waals surface area contributed by atoms with E-state index in [1.807, 2.05) is 31.2 Å². The molecule has 128 valence electrons. The molecule has 6 heteroatoms. The van der Waals surface area contributed by atoms with Gasteiger partial charge in [-0.05, 0) is 67.6 Å². The van der Waals surface area contributed by atoms with Crippen molar-refractivity contribution in [2.45, 2.75) is 11.8 Å². The largest absolute Gasteiger partial charge is 0.457 e. The number of anilines is 1. The highest BCUT2D eigenvalue weighted by molar-refractivity contribution is 9.10. The van der Waals surface area contributed by atoms with Gasteiger partial charge in [-0.3, -0.25) is 4.72 Å². The second-order valence-electron chi connectivity index (χ2n) is 5.50. The Balaban J connectivity index is 1.71. The lowest BCUT2D eigenvalue weighted by molar-refractivity contribution is 0.482. The lowest BCUT2D eigenvalue weighted by Crippen LogP contribution is -2.12. The van der Waals surface area contributed by atoms with Gasteiger partial charge in [0.25, 0.3) is 10.0 Å². The Morgan fingerprint density at radius 3 is 1.88 bits per heavy atom. The van der Waals surface area contributed by atoms with Crippen LogP contribution in [0.2, 0.25) is 0 Å². The highest BCUT2D eigenvalue weighted by Crippen LogP contribution is 2.25. The van der Waals surface area contributed by atoms with E-state index in [1.54, 1.807) is 48.5 Å². The van der Waals surface area contributed by atoms with Crippen LogP contribution >= 0.6 is 15.9 Å². The Bertz CT molecular complexity index is 951. The zero-order valence-corrected chi connectivity index (χ0v) is 15.8. The molecule has 0 aliphatic rings. The number of hydrogen-bond donors (Lipinski definition) is 1. The number of sulfonamides is 1. The summed E-state index contributed by atoms with van der Waals surface area (Å²) in [7, 11) is -3.60. The number of halogens is 1. The third-order valence-corrected chi connectivity index (χ3v) is 5.41. The predicted molar refractivity (Wildman–Crippen MR) is 103 cm³/mol. The van der Waals surface area contributed by atoms with E-state index in [4.69, 9.17) is 4.74 Å². The summed E-state index contributed by atoms with van der Waals surface area (Å²) in [5, 5.41) is 0. The summed E-state index contributed by atoms with van der Waals surface area (Å²) in [4.78, 5) is 0.230. The average Bonchev–Trinajstić information content (AvgIpc) is 2.59. The van der Waals surface area contributed by atoms with Gasteiger partial charge in [-0.1, -0.05) is 33.6 Å². The Labute approximate surface area is 155 Å². The fraction of sp³-hybridized carbons (Fsp3) is 0.0526. The Kier molecular flexibility index (Phi) is 5.11. The van der Waals surface area contributed by atoms with Crippen LogP contribution in [-0.4, -0.2) is 8.42 Å². The minimum Gasteiger partial charge on any atom is -0.457 e. The van der Waals surface area contributed by atoms with Crippen LogP contribution in [0.4, 0.5) is 5.69 Å². The second-order valence-corrected chi connectivity index (χ2v) is 8.10. The maximum atomic E-state index is 12.4. The van der Waals surface area contributed by atoms with Gasteiger partial charge in [0, 0.05) is 10.2 Å². The standard InChI is InChI=1S/C19H16BrNO3S/c1-14-2-12-19(13-3-14)25(22,23)21-16-6-10-18(11-7-16)24-17-8-4-15(20)5-9-17/h2-13,21H,1H3. The number of aryl methyl sites for hydroxylation is 1. The summed E-state index contributed by atoms with van der Waals surface area (Å²) < 4.78 is 34.0. The molecule has 3 aromatic rings. The first-order chi connectivity index (χ1) is 11.9. The molecule has 0 bridgehead atoms. The lowest BCUT2D eigenvalue weighted by Gasteiger charge is -2.10. The Hall–Kier alpha value is -2.31. The quantitative estimate of drug-likeness (QED) is 0.608. The topological polar surface area (TPSA) is 55.4 Å². The van der Waals surface area contributed by atoms with Gasteiger partial charge < -0.3 is 4.74 Å². The van der Waals surface area contributed by atoms with Gasteiger partial charge in [-0.15, -0.1) is 0 Å². The fourth-order valence-electron chi connectivity index (χ4n) is 2.16. The van der Waals surface area contributed by atoms with E-state index in [0.717, 1.165) is 10.0 Å². The van der Waals surface area contributed by atoms with Crippen molar-refractivity contribution < 1.29 is 13.2 Å². The number of hydrogen-bond acceptors (Lipinski definition) is 3. The monoisotopic (exact) mass is 417 g/mol. The SMILES string of the molecule is Cc1ccc(S(=O)(=O)Nc2ccc(Oc3ccc(Br)cc3)cc2)cc1. The number of benzene rings is 3. The first-order valence-corrected chi connectivity index (χ1v) is 9.83. The van der Waals surface area contributed by atoms with Crippen LogP contribution < -0.4 is 9.46 Å². The molecule has 25 heavy (non-hydrogen) atoms. The van der Waals surface area contributed by atoms with Crippen molar-refractivity contribution in [2.24, 2.45) is 0 Å². The van der Waals surface area contributed by atoms with Gasteiger partial charge in [0.2, 0.25) is 0 Å². The van der Waals surface area contributed by atoms with Gasteiger partial charge in [-0.25, -0.2) is 8.42 Å². The van der Waals surface area contributed by atoms with Gasteiger partial charge in [0.05, 0.1) is 4.90 Å². The summed E-state index contributed by atoms with van der Waals surface area (Å²) in [6.45, 7) is 1.91. The van der Waals surface area contributed by atoms with Gasteiger partial charge in [0.1, 0.15) is 11.5 Å². The molecule has 0 saturated heterocycles. The van der Waals surface area contributed by atoms with E-state index >= 15 is 0 Å². The predicted octanol–water partition coefficient (Wildman–Crippen LogP) is 5.35. The maximum Gasteiger partial charge on any atom is 0.261 e. The van der Waals surface area contributed by atoms with Crippen molar-refractivity contribution >= 4 is 31.6 Å². The zero-order valence-electron chi connectivity index (χ0n) is 13.4. The Morgan fingerprint density at radius 1 is 0.800 bits per heavy atom. The molecule has 0 fully saturated rings. The van der Waals surface area contributed by atoms with Crippen molar-refractivity contribution in [1.82, 2.24) is 0 Å². The molecule has 0 radical (unpaired) electrons. The first-order valence-electron chi connectivity index (χ1n) is 7.55. The molecule has 0 aliphatic carbocycles. The Morgan fingerprint density at radius 2 is 1.32 bits per heavy atom. The smallest absolute Gasteiger partial charge is 0.261 e. The van der Waals surface area contributed by atoms with Crippen molar-refractivity contribution in [3.05, 3.63) is 82.8 Å². The van der Waals surface area contributed by atoms with Crippen LogP contribution in [0.25, 0.3) is 0 Å². The van der Waals surface area contributed by atoms with Crippen molar-refractivity contribution in [3.8, 4) is 11.5 Å². The van der Waals surface area contributed by atoms with Gasteiger partial charge >= 0.3 is 0 Å². The summed E-state index contributed by atoms with van der Waals surface area (Å²) in [5.74, 6) is 1.33. The van der Waals surface area contributed by atoms with Gasteiger partial charge in [-0.2, -0.15) is 0 Å². The van der Waals surface area contributed by atoms with E-state index in [-0.39, 0.29) is 4.90 Å². The lowest BCUT2D eigenvalue weighted by atomic mass is 10.2. The maximum absolute atomic E-state index is 12.4. The van der Waals surface area contributed by atoms with Crippen molar-refractivity contribution in [3.63, 3.8) is 0 Å². The number of nitrogens with one attached hydrogen (secondary N) is 1. The molecule has 1 N–H and O–H groups in total. The zero-order chi connectivity index (χ0) is 17.9. The summed E-state index contributed by atoms with van der Waals surface area (Å²) in [6.07, 6.45) is 0. The van der Waals surface area contributed by atoms with E-state index in [0.29, 0.717) is 17.2 Å². The van der Waals surface area contributed by atoms with E-state index in [2.05, 4.69) is 20.7 Å². The molecular weight excluding hydrogens is 402 g/mol. The highest BCUT2D eigenvalue weighted by atomic mass is 79.9. The van der Waals surface area contributed by atoms with Crippen LogP contribution in [0.1, 0.15) is 5.56 Å². The molecule has 0 amide bonds. The van der Waals surface area contributed by atoms with E-state index in [1.165, 1.54) is 0 Å².